The molecule has 1 rings (SSSR count). The van der Waals surface area contributed by atoms with Crippen LogP contribution in [0.5, 0.6) is 0 Å². The number of nitrogens with zero attached hydrogens (tertiary/aromatic N) is 2. The summed E-state index contributed by atoms with van der Waals surface area (Å²) in [7, 11) is 0. The number of nitro groups is 1. The Balaban J connectivity index is 3.22. The van der Waals surface area contributed by atoms with Gasteiger partial charge in [-0.2, -0.15) is 0 Å². The number of nitrogens with one attached hydrogen (secondary N) is 1. The standard InChI is InChI=1S/C13H17Br2N3O4/c14-3-6-17(7-4-15)12-2-1-10(18(21)22)9-11(12)13(20)16-5-8-19/h1-2,9,19H,3-8H2,(H,16,20). The van der Waals surface area contributed by atoms with Gasteiger partial charge in [0, 0.05) is 42.4 Å². The van der Waals surface area contributed by atoms with Gasteiger partial charge in [-0.25, -0.2) is 0 Å². The molecule has 1 aromatic carbocycles. The number of hydrogen-bond donors (Lipinski definition) is 2. The predicted octanol–water partition coefficient (Wildman–Crippen LogP) is 1.91. The molecule has 0 fully saturated rings. The van der Waals surface area contributed by atoms with Gasteiger partial charge in [-0.3, -0.25) is 14.9 Å². The Hall–Kier alpha value is -1.19. The van der Waals surface area contributed by atoms with Gasteiger partial charge in [0.25, 0.3) is 11.6 Å². The maximum atomic E-state index is 12.2. The van der Waals surface area contributed by atoms with Crippen molar-refractivity contribution in [3.05, 3.63) is 33.9 Å². The third-order valence-corrected chi connectivity index (χ3v) is 3.59. The fraction of sp³-hybridized carbons (Fsp3) is 0.462. The van der Waals surface area contributed by atoms with Crippen molar-refractivity contribution in [2.24, 2.45) is 0 Å². The molecule has 122 valence electrons. The van der Waals surface area contributed by atoms with Gasteiger partial charge in [0.05, 0.1) is 22.8 Å². The van der Waals surface area contributed by atoms with Gasteiger partial charge in [-0.05, 0) is 6.07 Å². The van der Waals surface area contributed by atoms with Crippen molar-refractivity contribution in [3.8, 4) is 0 Å². The van der Waals surface area contributed by atoms with E-state index in [-0.39, 0.29) is 24.4 Å². The molecule has 0 radical (unpaired) electrons. The summed E-state index contributed by atoms with van der Waals surface area (Å²) in [5, 5.41) is 23.7. The number of alkyl halides is 2. The summed E-state index contributed by atoms with van der Waals surface area (Å²) in [4.78, 5) is 24.6. The lowest BCUT2D eigenvalue weighted by Crippen LogP contribution is -2.32. The van der Waals surface area contributed by atoms with E-state index in [4.69, 9.17) is 5.11 Å². The number of aliphatic hydroxyl groups excluding tert-OH is 1. The van der Waals surface area contributed by atoms with Gasteiger partial charge in [0.1, 0.15) is 0 Å². The predicted molar refractivity (Wildman–Crippen MR) is 92.3 cm³/mol. The molecule has 22 heavy (non-hydrogen) atoms. The van der Waals surface area contributed by atoms with Gasteiger partial charge < -0.3 is 15.3 Å². The lowest BCUT2D eigenvalue weighted by atomic mass is 10.1. The Morgan fingerprint density at radius 3 is 2.45 bits per heavy atom. The van der Waals surface area contributed by atoms with Gasteiger partial charge >= 0.3 is 0 Å². The van der Waals surface area contributed by atoms with Gasteiger partial charge in [0.2, 0.25) is 0 Å². The van der Waals surface area contributed by atoms with Crippen LogP contribution in [0.25, 0.3) is 0 Å². The third kappa shape index (κ3) is 5.22. The van der Waals surface area contributed by atoms with Crippen LogP contribution in [-0.2, 0) is 0 Å². The molecule has 0 saturated heterocycles. The summed E-state index contributed by atoms with van der Waals surface area (Å²) in [5.41, 5.74) is 0.708. The number of benzene rings is 1. The number of nitro benzene ring substituents is 1. The third-order valence-electron chi connectivity index (χ3n) is 2.88. The van der Waals surface area contributed by atoms with E-state index in [1.54, 1.807) is 6.07 Å². The molecule has 0 atom stereocenters. The zero-order valence-corrected chi connectivity index (χ0v) is 15.0. The van der Waals surface area contributed by atoms with Gasteiger partial charge in [0.15, 0.2) is 0 Å². The van der Waals surface area contributed by atoms with Crippen LogP contribution >= 0.6 is 31.9 Å². The lowest BCUT2D eigenvalue weighted by molar-refractivity contribution is -0.384. The van der Waals surface area contributed by atoms with Crippen LogP contribution < -0.4 is 10.2 Å². The molecule has 0 unspecified atom stereocenters. The molecule has 0 bridgehead atoms. The minimum atomic E-state index is -0.536. The number of amides is 1. The minimum absolute atomic E-state index is 0.0951. The summed E-state index contributed by atoms with van der Waals surface area (Å²) in [6.45, 7) is 1.22. The second-order valence-electron chi connectivity index (χ2n) is 4.30. The average molecular weight is 439 g/mol. The molecule has 1 amide bonds. The second-order valence-corrected chi connectivity index (χ2v) is 5.89. The minimum Gasteiger partial charge on any atom is -0.395 e. The topological polar surface area (TPSA) is 95.7 Å². The monoisotopic (exact) mass is 437 g/mol. The fourth-order valence-corrected chi connectivity index (χ4v) is 2.77. The molecule has 0 aliphatic carbocycles. The average Bonchev–Trinajstić information content (AvgIpc) is 2.51. The number of carbonyl (C=O) groups excluding carboxylic acids is 1. The molecule has 7 nitrogen and oxygen atoms in total. The van der Waals surface area contributed by atoms with E-state index < -0.39 is 10.8 Å². The summed E-state index contributed by atoms with van der Waals surface area (Å²) in [6, 6.07) is 4.22. The molecular formula is C13H17Br2N3O4. The quantitative estimate of drug-likeness (QED) is 0.349. The summed E-state index contributed by atoms with van der Waals surface area (Å²) >= 11 is 6.72. The first kappa shape index (κ1) is 18.9. The highest BCUT2D eigenvalue weighted by Gasteiger charge is 2.20. The molecule has 2 N–H and O–H groups in total. The van der Waals surface area contributed by atoms with Crippen LogP contribution in [0.3, 0.4) is 0 Å². The Kier molecular flexibility index (Phi) is 8.36. The first-order valence-corrected chi connectivity index (χ1v) is 8.83. The van der Waals surface area contributed by atoms with Crippen molar-refractivity contribution in [1.82, 2.24) is 5.32 Å². The summed E-state index contributed by atoms with van der Waals surface area (Å²) < 4.78 is 0. The Bertz CT molecular complexity index is 522. The molecular weight excluding hydrogens is 422 g/mol. The molecule has 0 aliphatic heterocycles. The Morgan fingerprint density at radius 1 is 1.32 bits per heavy atom. The number of anilines is 1. The molecule has 0 aromatic heterocycles. The van der Waals surface area contributed by atoms with E-state index in [9.17, 15) is 14.9 Å². The highest BCUT2D eigenvalue weighted by atomic mass is 79.9. The molecule has 0 saturated carbocycles. The number of hydrogen-bond acceptors (Lipinski definition) is 5. The van der Waals surface area contributed by atoms with E-state index in [1.807, 2.05) is 4.90 Å². The summed E-state index contributed by atoms with van der Waals surface area (Å²) in [6.07, 6.45) is 0. The van der Waals surface area contributed by atoms with Crippen LogP contribution in [0, 0.1) is 10.1 Å². The van der Waals surface area contributed by atoms with Crippen LogP contribution in [0.15, 0.2) is 18.2 Å². The zero-order chi connectivity index (χ0) is 16.5. The maximum Gasteiger partial charge on any atom is 0.270 e. The van der Waals surface area contributed by atoms with Crippen LogP contribution in [-0.4, -0.2) is 52.8 Å². The van der Waals surface area contributed by atoms with Crippen molar-refractivity contribution in [1.29, 1.82) is 0 Å². The van der Waals surface area contributed by atoms with E-state index in [0.29, 0.717) is 29.4 Å². The fourth-order valence-electron chi connectivity index (χ4n) is 1.92. The van der Waals surface area contributed by atoms with Gasteiger partial charge in [-0.1, -0.05) is 31.9 Å². The summed E-state index contributed by atoms with van der Waals surface area (Å²) in [5.74, 6) is -0.443. The largest absolute Gasteiger partial charge is 0.395 e. The smallest absolute Gasteiger partial charge is 0.270 e. The second kappa shape index (κ2) is 9.75. The first-order valence-electron chi connectivity index (χ1n) is 6.59. The van der Waals surface area contributed by atoms with Crippen LogP contribution in [0.2, 0.25) is 0 Å². The first-order chi connectivity index (χ1) is 10.5. The van der Waals surface area contributed by atoms with Crippen molar-refractivity contribution in [2.75, 3.05) is 41.8 Å². The number of aliphatic hydroxyl groups is 1. The van der Waals surface area contributed by atoms with Crippen LogP contribution in [0.4, 0.5) is 11.4 Å². The molecule has 0 heterocycles. The Morgan fingerprint density at radius 2 is 1.95 bits per heavy atom. The molecule has 0 aliphatic rings. The number of halogens is 2. The maximum absolute atomic E-state index is 12.2. The van der Waals surface area contributed by atoms with E-state index in [1.165, 1.54) is 12.1 Å². The lowest BCUT2D eigenvalue weighted by Gasteiger charge is -2.25. The van der Waals surface area contributed by atoms with E-state index in [0.717, 1.165) is 0 Å². The van der Waals surface area contributed by atoms with E-state index in [2.05, 4.69) is 37.2 Å². The van der Waals surface area contributed by atoms with Crippen molar-refractivity contribution < 1.29 is 14.8 Å². The van der Waals surface area contributed by atoms with Gasteiger partial charge in [-0.15, -0.1) is 0 Å². The van der Waals surface area contributed by atoms with Crippen LogP contribution in [0.1, 0.15) is 10.4 Å². The molecule has 9 heteroatoms. The zero-order valence-electron chi connectivity index (χ0n) is 11.8. The highest BCUT2D eigenvalue weighted by Crippen LogP contribution is 2.26. The number of non-ortho nitro benzene ring substituents is 1. The normalized spacial score (nSPS) is 10.3. The highest BCUT2D eigenvalue weighted by molar-refractivity contribution is 9.09. The van der Waals surface area contributed by atoms with E-state index >= 15 is 0 Å². The van der Waals surface area contributed by atoms with Crippen molar-refractivity contribution >= 4 is 49.1 Å². The SMILES string of the molecule is O=C(NCCO)c1cc([N+](=O)[O-])ccc1N(CCBr)CCBr. The molecule has 1 aromatic rings. The molecule has 0 spiro atoms. The Labute approximate surface area is 145 Å². The number of carbonyl (C=O) groups is 1. The number of rotatable bonds is 9. The van der Waals surface area contributed by atoms with Crippen molar-refractivity contribution in [3.63, 3.8) is 0 Å². The van der Waals surface area contributed by atoms with Crippen molar-refractivity contribution in [2.45, 2.75) is 0 Å².